The van der Waals surface area contributed by atoms with E-state index in [0.29, 0.717) is 23.0 Å². The fourth-order valence-electron chi connectivity index (χ4n) is 3.30. The highest BCUT2D eigenvalue weighted by Crippen LogP contribution is 2.42. The van der Waals surface area contributed by atoms with Crippen molar-refractivity contribution in [2.45, 2.75) is 43.6 Å². The van der Waals surface area contributed by atoms with Crippen molar-refractivity contribution >= 4 is 10.9 Å². The van der Waals surface area contributed by atoms with Gasteiger partial charge in [-0.1, -0.05) is 5.16 Å². The van der Waals surface area contributed by atoms with Gasteiger partial charge in [0.25, 0.3) is 5.89 Å². The molecule has 0 aliphatic heterocycles. The van der Waals surface area contributed by atoms with E-state index >= 15 is 0 Å². The van der Waals surface area contributed by atoms with Crippen LogP contribution in [0.4, 0.5) is 4.39 Å². The van der Waals surface area contributed by atoms with Crippen molar-refractivity contribution in [1.82, 2.24) is 15.1 Å². The van der Waals surface area contributed by atoms with Crippen LogP contribution in [0.25, 0.3) is 22.4 Å². The van der Waals surface area contributed by atoms with E-state index in [4.69, 9.17) is 10.3 Å². The number of rotatable bonds is 3. The summed E-state index contributed by atoms with van der Waals surface area (Å²) in [6.07, 6.45) is 5.09. The van der Waals surface area contributed by atoms with E-state index in [-0.39, 0.29) is 5.82 Å². The summed E-state index contributed by atoms with van der Waals surface area (Å²) in [5.41, 5.74) is 8.31. The largest absolute Gasteiger partial charge is 0.334 e. The molecular formula is C18H17FN4O. The Balaban J connectivity index is 1.68. The molecule has 5 nitrogen and oxygen atoms in total. The van der Waals surface area contributed by atoms with Gasteiger partial charge in [-0.3, -0.25) is 4.98 Å². The number of nitrogens with two attached hydrogens (primary N) is 1. The van der Waals surface area contributed by atoms with Crippen molar-refractivity contribution in [1.29, 1.82) is 0 Å². The molecular weight excluding hydrogens is 307 g/mol. The average Bonchev–Trinajstić information content (AvgIpc) is 3.29. The van der Waals surface area contributed by atoms with Crippen LogP contribution in [0.5, 0.6) is 0 Å². The van der Waals surface area contributed by atoms with Gasteiger partial charge in [0.1, 0.15) is 5.82 Å². The fraction of sp³-hybridized carbons (Fsp3) is 0.389. The first-order valence-electron chi connectivity index (χ1n) is 8.36. The molecule has 6 heteroatoms. The van der Waals surface area contributed by atoms with Crippen molar-refractivity contribution in [3.63, 3.8) is 0 Å². The lowest BCUT2D eigenvalue weighted by molar-refractivity contribution is 0.229. The second-order valence-corrected chi connectivity index (χ2v) is 6.96. The third-order valence-electron chi connectivity index (χ3n) is 5.13. The molecule has 2 aromatic heterocycles. The third-order valence-corrected chi connectivity index (χ3v) is 5.13. The van der Waals surface area contributed by atoms with Crippen LogP contribution in [0.3, 0.4) is 0 Å². The number of benzene rings is 1. The molecule has 2 heterocycles. The average molecular weight is 324 g/mol. The van der Waals surface area contributed by atoms with Gasteiger partial charge in [-0.15, -0.1) is 0 Å². The Morgan fingerprint density at radius 1 is 1.17 bits per heavy atom. The molecule has 3 aromatic rings. The molecule has 5 rings (SSSR count). The smallest absolute Gasteiger partial charge is 0.258 e. The molecule has 2 fully saturated rings. The van der Waals surface area contributed by atoms with Crippen LogP contribution in [-0.2, 0) is 5.54 Å². The van der Waals surface area contributed by atoms with Crippen molar-refractivity contribution in [2.24, 2.45) is 5.73 Å². The first-order chi connectivity index (χ1) is 11.6. The molecule has 0 bridgehead atoms. The summed E-state index contributed by atoms with van der Waals surface area (Å²) < 4.78 is 19.2. The topological polar surface area (TPSA) is 77.8 Å². The molecule has 0 unspecified atom stereocenters. The lowest BCUT2D eigenvalue weighted by Gasteiger charge is -2.34. The van der Waals surface area contributed by atoms with Crippen molar-refractivity contribution < 1.29 is 8.91 Å². The minimum Gasteiger partial charge on any atom is -0.334 e. The monoisotopic (exact) mass is 324 g/mol. The van der Waals surface area contributed by atoms with E-state index in [1.54, 1.807) is 6.07 Å². The Labute approximate surface area is 138 Å². The minimum atomic E-state index is -0.477. The van der Waals surface area contributed by atoms with Gasteiger partial charge in [0, 0.05) is 17.0 Å². The third kappa shape index (κ3) is 2.13. The van der Waals surface area contributed by atoms with Crippen molar-refractivity contribution in [3.05, 3.63) is 41.6 Å². The van der Waals surface area contributed by atoms with Crippen molar-refractivity contribution in [3.8, 4) is 11.5 Å². The molecule has 1 aromatic carbocycles. The van der Waals surface area contributed by atoms with Gasteiger partial charge < -0.3 is 10.3 Å². The molecule has 0 saturated heterocycles. The highest BCUT2D eigenvalue weighted by molar-refractivity contribution is 5.92. The second-order valence-electron chi connectivity index (χ2n) is 6.96. The van der Waals surface area contributed by atoms with Crippen LogP contribution in [0.1, 0.15) is 49.5 Å². The van der Waals surface area contributed by atoms with Gasteiger partial charge in [0.15, 0.2) is 5.82 Å². The van der Waals surface area contributed by atoms with E-state index in [9.17, 15) is 4.39 Å². The molecule has 2 aliphatic rings. The van der Waals surface area contributed by atoms with Crippen LogP contribution in [0.2, 0.25) is 0 Å². The summed E-state index contributed by atoms with van der Waals surface area (Å²) in [6, 6.07) is 6.56. The summed E-state index contributed by atoms with van der Waals surface area (Å²) in [7, 11) is 0. The highest BCUT2D eigenvalue weighted by atomic mass is 19.1. The Bertz CT molecular complexity index is 943. The SMILES string of the molecule is NC1(c2noc(-c3cc(C4CC4)nc4ccc(F)cc34)n2)CCC1. The number of halogens is 1. The van der Waals surface area contributed by atoms with Gasteiger partial charge >= 0.3 is 0 Å². The van der Waals surface area contributed by atoms with Crippen LogP contribution >= 0.6 is 0 Å². The Morgan fingerprint density at radius 2 is 2.00 bits per heavy atom. The maximum Gasteiger partial charge on any atom is 0.258 e. The van der Waals surface area contributed by atoms with Crippen LogP contribution in [0, 0.1) is 5.82 Å². The lowest BCUT2D eigenvalue weighted by Crippen LogP contribution is -2.44. The molecule has 0 atom stereocenters. The zero-order valence-corrected chi connectivity index (χ0v) is 13.1. The molecule has 0 spiro atoms. The number of fused-ring (bicyclic) bond motifs is 1. The standard InChI is InChI=1S/C18H17FN4O/c19-11-4-5-14-12(8-11)13(9-15(21-14)10-2-3-10)16-22-17(23-24-16)18(20)6-1-7-18/h4-5,8-10H,1-3,6-7,20H2. The Morgan fingerprint density at radius 3 is 2.71 bits per heavy atom. The predicted molar refractivity (Wildman–Crippen MR) is 86.7 cm³/mol. The first kappa shape index (κ1) is 14.0. The molecule has 2 N–H and O–H groups in total. The van der Waals surface area contributed by atoms with Crippen molar-refractivity contribution in [2.75, 3.05) is 0 Å². The summed E-state index contributed by atoms with van der Waals surface area (Å²) in [4.78, 5) is 9.19. The molecule has 2 saturated carbocycles. The van der Waals surface area contributed by atoms with Gasteiger partial charge in [0.05, 0.1) is 16.6 Å². The zero-order valence-electron chi connectivity index (χ0n) is 13.1. The van der Waals surface area contributed by atoms with E-state index in [1.807, 2.05) is 6.07 Å². The number of nitrogens with zero attached hydrogens (tertiary/aromatic N) is 3. The van der Waals surface area contributed by atoms with Gasteiger partial charge in [-0.05, 0) is 56.4 Å². The highest BCUT2D eigenvalue weighted by Gasteiger charge is 2.39. The molecule has 2 aliphatic carbocycles. The van der Waals surface area contributed by atoms with E-state index in [0.717, 1.165) is 48.9 Å². The van der Waals surface area contributed by atoms with Crippen LogP contribution < -0.4 is 5.73 Å². The first-order valence-corrected chi connectivity index (χ1v) is 8.36. The molecule has 0 amide bonds. The second kappa shape index (κ2) is 4.83. The Kier molecular flexibility index (Phi) is 2.83. The number of pyridine rings is 1. The van der Waals surface area contributed by atoms with Crippen LogP contribution in [-0.4, -0.2) is 15.1 Å². The lowest BCUT2D eigenvalue weighted by atomic mass is 9.77. The molecule has 0 radical (unpaired) electrons. The predicted octanol–water partition coefficient (Wildman–Crippen LogP) is 3.64. The van der Waals surface area contributed by atoms with E-state index in [2.05, 4.69) is 15.1 Å². The van der Waals surface area contributed by atoms with Gasteiger partial charge in [-0.2, -0.15) is 4.98 Å². The number of hydrogen-bond donors (Lipinski definition) is 1. The van der Waals surface area contributed by atoms with E-state index < -0.39 is 5.54 Å². The summed E-state index contributed by atoms with van der Waals surface area (Å²) in [5.74, 6) is 1.10. The fourth-order valence-corrected chi connectivity index (χ4v) is 3.30. The summed E-state index contributed by atoms with van der Waals surface area (Å²) >= 11 is 0. The summed E-state index contributed by atoms with van der Waals surface area (Å²) in [6.45, 7) is 0. The zero-order chi connectivity index (χ0) is 16.3. The maximum absolute atomic E-state index is 13.7. The Hall–Kier alpha value is -2.34. The quantitative estimate of drug-likeness (QED) is 0.796. The number of hydrogen-bond acceptors (Lipinski definition) is 5. The number of aromatic nitrogens is 3. The maximum atomic E-state index is 13.7. The van der Waals surface area contributed by atoms with Gasteiger partial charge in [-0.25, -0.2) is 4.39 Å². The molecule has 122 valence electrons. The van der Waals surface area contributed by atoms with Gasteiger partial charge in [0.2, 0.25) is 0 Å². The normalized spacial score (nSPS) is 19.4. The minimum absolute atomic E-state index is 0.307. The van der Waals surface area contributed by atoms with Crippen LogP contribution in [0.15, 0.2) is 28.8 Å². The summed E-state index contributed by atoms with van der Waals surface area (Å²) in [5, 5.41) is 4.77. The van der Waals surface area contributed by atoms with E-state index in [1.165, 1.54) is 12.1 Å². The molecule has 24 heavy (non-hydrogen) atoms.